The van der Waals surface area contributed by atoms with Crippen molar-refractivity contribution < 1.29 is 49.5 Å². The maximum atomic E-state index is 10.5. The van der Waals surface area contributed by atoms with Crippen molar-refractivity contribution in [3.8, 4) is 0 Å². The molecule has 8 N–H and O–H groups in total. The molecule has 0 aromatic carbocycles. The van der Waals surface area contributed by atoms with E-state index in [9.17, 15) is 19.9 Å². The Kier molecular flexibility index (Phi) is 7.40. The molecule has 0 amide bonds. The van der Waals surface area contributed by atoms with E-state index in [2.05, 4.69) is 4.52 Å². The summed E-state index contributed by atoms with van der Waals surface area (Å²) in [5.41, 5.74) is 0. The number of phosphoric ester groups is 1. The van der Waals surface area contributed by atoms with Crippen LogP contribution in [0.2, 0.25) is 0 Å². The summed E-state index contributed by atoms with van der Waals surface area (Å²) >= 11 is 0. The molecule has 0 aliphatic heterocycles. The van der Waals surface area contributed by atoms with Crippen molar-refractivity contribution in [3.63, 3.8) is 0 Å². The fourth-order valence-electron chi connectivity index (χ4n) is 1.14. The van der Waals surface area contributed by atoms with E-state index in [0.29, 0.717) is 0 Å². The van der Waals surface area contributed by atoms with Crippen molar-refractivity contribution in [2.24, 2.45) is 0 Å². The molecule has 0 fully saturated rings. The first-order valence-corrected chi connectivity index (χ1v) is 6.35. The Hall–Kier alpha value is -0.130. The monoisotopic (exact) mass is 292 g/mol. The van der Waals surface area contributed by atoms with E-state index in [1.165, 1.54) is 0 Å². The summed E-state index contributed by atoms with van der Waals surface area (Å²) in [5, 5.41) is 54.3. The minimum Gasteiger partial charge on any atom is -0.394 e. The number of hydrogen-bond acceptors (Lipinski definition) is 8. The van der Waals surface area contributed by atoms with Crippen LogP contribution in [-0.2, 0) is 9.09 Å². The van der Waals surface area contributed by atoms with Crippen molar-refractivity contribution >= 4 is 7.82 Å². The molecule has 110 valence electrons. The fourth-order valence-corrected chi connectivity index (χ4v) is 1.68. The molecule has 0 aliphatic rings. The Bertz CT molecular complexity index is 279. The fraction of sp³-hybridized carbons (Fsp3) is 1.00. The maximum Gasteiger partial charge on any atom is 0.470 e. The average Bonchev–Trinajstić information content (AvgIpc) is 2.30. The molecule has 5 atom stereocenters. The molecule has 0 rings (SSSR count). The first-order valence-electron chi connectivity index (χ1n) is 4.82. The van der Waals surface area contributed by atoms with Crippen LogP contribution in [0.3, 0.4) is 0 Å². The van der Waals surface area contributed by atoms with E-state index in [4.69, 9.17) is 25.1 Å². The van der Waals surface area contributed by atoms with Gasteiger partial charge in [0.15, 0.2) is 0 Å². The predicted octanol–water partition coefficient (Wildman–Crippen LogP) is -4.11. The summed E-state index contributed by atoms with van der Waals surface area (Å²) < 4.78 is 14.5. The number of aliphatic hydroxyl groups is 6. The minimum atomic E-state index is -5.02. The van der Waals surface area contributed by atoms with Gasteiger partial charge in [0.2, 0.25) is 0 Å². The Morgan fingerprint density at radius 1 is 0.889 bits per heavy atom. The van der Waals surface area contributed by atoms with Crippen LogP contribution in [0, 0.1) is 0 Å². The summed E-state index contributed by atoms with van der Waals surface area (Å²) in [6, 6.07) is 0. The zero-order valence-corrected chi connectivity index (χ0v) is 10.0. The average molecular weight is 292 g/mol. The number of phosphoric acid groups is 1. The molecule has 0 saturated heterocycles. The summed E-state index contributed by atoms with van der Waals surface area (Å²) in [7, 11) is -5.02. The van der Waals surface area contributed by atoms with Gasteiger partial charge in [-0.3, -0.25) is 4.52 Å². The van der Waals surface area contributed by atoms with E-state index in [1.54, 1.807) is 0 Å². The van der Waals surface area contributed by atoms with Crippen LogP contribution < -0.4 is 0 Å². The van der Waals surface area contributed by atoms with Crippen molar-refractivity contribution in [2.75, 3.05) is 13.2 Å². The highest BCUT2D eigenvalue weighted by Gasteiger charge is 2.37. The zero-order chi connectivity index (χ0) is 14.5. The molecule has 0 heterocycles. The highest BCUT2D eigenvalue weighted by atomic mass is 31.2. The van der Waals surface area contributed by atoms with Crippen molar-refractivity contribution in [2.45, 2.75) is 30.5 Å². The van der Waals surface area contributed by atoms with Crippen LogP contribution in [0.5, 0.6) is 0 Å². The summed E-state index contributed by atoms with van der Waals surface area (Å²) in [6.45, 7) is -1.96. The third-order valence-corrected chi connectivity index (χ3v) is 2.66. The Labute approximate surface area is 102 Å². The molecule has 0 radical (unpaired) electrons. The van der Waals surface area contributed by atoms with Gasteiger partial charge in [0.05, 0.1) is 13.2 Å². The lowest BCUT2D eigenvalue weighted by atomic mass is 10.00. The third kappa shape index (κ3) is 5.67. The molecule has 18 heavy (non-hydrogen) atoms. The van der Waals surface area contributed by atoms with Gasteiger partial charge in [-0.05, 0) is 0 Å². The second-order valence-electron chi connectivity index (χ2n) is 3.54. The maximum absolute atomic E-state index is 10.5. The second kappa shape index (κ2) is 7.46. The van der Waals surface area contributed by atoms with Crippen molar-refractivity contribution in [3.05, 3.63) is 0 Å². The van der Waals surface area contributed by atoms with E-state index >= 15 is 0 Å². The van der Waals surface area contributed by atoms with Gasteiger partial charge in [-0.25, -0.2) is 4.57 Å². The lowest BCUT2D eigenvalue weighted by Gasteiger charge is -2.29. The van der Waals surface area contributed by atoms with Gasteiger partial charge in [-0.1, -0.05) is 0 Å². The molecule has 11 heteroatoms. The highest BCUT2D eigenvalue weighted by Crippen LogP contribution is 2.38. The standard InChI is InChI=1S/C7H17O10P/c8-1-3(10)5(11)7(13)6(12)4(2-9)17-18(14,15)16/h3-13H,1-2H2,(H2,14,15,16)/t3-,4?,5-,6+,7+/m1/s1. The third-order valence-electron chi connectivity index (χ3n) is 2.11. The van der Waals surface area contributed by atoms with E-state index < -0.39 is 51.6 Å². The van der Waals surface area contributed by atoms with Gasteiger partial charge in [0.25, 0.3) is 0 Å². The summed E-state index contributed by atoms with van der Waals surface area (Å²) in [6.07, 6.45) is -9.81. The second-order valence-corrected chi connectivity index (χ2v) is 4.73. The summed E-state index contributed by atoms with van der Waals surface area (Å²) in [5.74, 6) is 0. The Balaban J connectivity index is 4.67. The van der Waals surface area contributed by atoms with Crippen LogP contribution in [0.4, 0.5) is 0 Å². The number of hydrogen-bond donors (Lipinski definition) is 8. The largest absolute Gasteiger partial charge is 0.470 e. The van der Waals surface area contributed by atoms with Gasteiger partial charge >= 0.3 is 7.82 Å². The van der Waals surface area contributed by atoms with Gasteiger partial charge < -0.3 is 40.4 Å². The minimum absolute atomic E-state index is 0.909. The van der Waals surface area contributed by atoms with Crippen LogP contribution in [0.1, 0.15) is 0 Å². The molecule has 0 aromatic heterocycles. The molecule has 0 aromatic rings. The zero-order valence-electron chi connectivity index (χ0n) is 9.14. The molecular weight excluding hydrogens is 275 g/mol. The number of rotatable bonds is 8. The normalized spacial score (nSPS) is 21.1. The quantitative estimate of drug-likeness (QED) is 0.204. The van der Waals surface area contributed by atoms with E-state index in [1.807, 2.05) is 0 Å². The van der Waals surface area contributed by atoms with Crippen molar-refractivity contribution in [1.82, 2.24) is 0 Å². The van der Waals surface area contributed by atoms with Gasteiger partial charge in [0.1, 0.15) is 30.5 Å². The smallest absolute Gasteiger partial charge is 0.394 e. The molecule has 0 spiro atoms. The first-order chi connectivity index (χ1) is 8.14. The Morgan fingerprint density at radius 2 is 1.39 bits per heavy atom. The van der Waals surface area contributed by atoms with Gasteiger partial charge in [0, 0.05) is 0 Å². The molecule has 0 bridgehead atoms. The highest BCUT2D eigenvalue weighted by molar-refractivity contribution is 7.46. The Morgan fingerprint density at radius 3 is 1.72 bits per heavy atom. The SMILES string of the molecule is O=P(O)(O)OC(CO)[C@H](O)[C@@H](O)[C@H](O)[C@H](O)CO. The lowest BCUT2D eigenvalue weighted by molar-refractivity contribution is -0.143. The molecule has 0 saturated carbocycles. The molecule has 10 nitrogen and oxygen atoms in total. The van der Waals surface area contributed by atoms with Crippen molar-refractivity contribution in [1.29, 1.82) is 0 Å². The van der Waals surface area contributed by atoms with Crippen LogP contribution >= 0.6 is 7.82 Å². The van der Waals surface area contributed by atoms with Gasteiger partial charge in [-0.15, -0.1) is 0 Å². The first kappa shape index (κ1) is 17.9. The lowest BCUT2D eigenvalue weighted by Crippen LogP contribution is -2.51. The van der Waals surface area contributed by atoms with Crippen LogP contribution in [-0.4, -0.2) is 84.2 Å². The van der Waals surface area contributed by atoms with E-state index in [-0.39, 0.29) is 0 Å². The summed E-state index contributed by atoms with van der Waals surface area (Å²) in [4.78, 5) is 17.0. The van der Waals surface area contributed by atoms with E-state index in [0.717, 1.165) is 0 Å². The van der Waals surface area contributed by atoms with Crippen LogP contribution in [0.15, 0.2) is 0 Å². The topological polar surface area (TPSA) is 188 Å². The molecule has 0 aliphatic carbocycles. The van der Waals surface area contributed by atoms with Gasteiger partial charge in [-0.2, -0.15) is 0 Å². The van der Waals surface area contributed by atoms with Crippen LogP contribution in [0.25, 0.3) is 0 Å². The molecule has 1 unspecified atom stereocenters. The number of aliphatic hydroxyl groups excluding tert-OH is 6. The predicted molar refractivity (Wildman–Crippen MR) is 55.1 cm³/mol. The molecular formula is C7H17O10P.